The maximum Gasteiger partial charge on any atom is 0.412 e. The Morgan fingerprint density at radius 2 is 1.55 bits per heavy atom. The lowest BCUT2D eigenvalue weighted by Crippen LogP contribution is -2.53. The zero-order chi connectivity index (χ0) is 51.0. The number of phenols is 2. The number of carbonyl (C=O) groups excluding carboxylic acids is 2. The third-order valence-corrected chi connectivity index (χ3v) is 22.8. The molecule has 2 aliphatic rings. The van der Waals surface area contributed by atoms with Gasteiger partial charge in [-0.3, -0.25) is 19.6 Å². The van der Waals surface area contributed by atoms with Crippen molar-refractivity contribution in [1.82, 2.24) is 34.1 Å². The predicted molar refractivity (Wildman–Crippen MR) is 260 cm³/mol. The Morgan fingerprint density at radius 1 is 0.913 bits per heavy atom. The van der Waals surface area contributed by atoms with Gasteiger partial charge in [-0.2, -0.15) is 13.8 Å². The second-order valence-electron chi connectivity index (χ2n) is 21.2. The van der Waals surface area contributed by atoms with Crippen molar-refractivity contribution >= 4 is 34.5 Å². The molecule has 0 bridgehead atoms. The van der Waals surface area contributed by atoms with Crippen molar-refractivity contribution in [2.24, 2.45) is 0 Å². The second kappa shape index (κ2) is 20.2. The molecule has 0 aliphatic carbocycles. The van der Waals surface area contributed by atoms with E-state index in [1.807, 2.05) is 93.7 Å². The highest BCUT2D eigenvalue weighted by molar-refractivity contribution is 6.74. The minimum atomic E-state index is -3.65. The number of hydrogen-bond donors (Lipinski definition) is 4. The van der Waals surface area contributed by atoms with Crippen LogP contribution < -0.4 is 11.0 Å². The number of ether oxygens (including phenoxy) is 2. The first-order chi connectivity index (χ1) is 32.0. The SMILES string of the molecule is CC(C)c1cc(-c2nnc(O)n2-c2ccc(CN3CCN(C(=O)CCOC(=O)Nc4ccn([C@@H]5O[C@H](CO[Si](C)(C)C(C)(C)C)[C@@H](O[Si](C)(C)C(C)(C)C)C5(F)F)c(=O)n4)CC3)cc2)c(O)cc1O. The van der Waals surface area contributed by atoms with Crippen molar-refractivity contribution in [1.29, 1.82) is 0 Å². The van der Waals surface area contributed by atoms with E-state index in [0.717, 1.165) is 11.8 Å². The molecule has 0 radical (unpaired) electrons. The summed E-state index contributed by atoms with van der Waals surface area (Å²) in [7, 11) is -5.15. The lowest BCUT2D eigenvalue weighted by molar-refractivity contribution is -0.138. The highest BCUT2D eigenvalue weighted by Gasteiger charge is 2.63. The fraction of sp³-hybridized carbons (Fsp3) is 0.574. The van der Waals surface area contributed by atoms with Gasteiger partial charge in [0.1, 0.15) is 36.1 Å². The van der Waals surface area contributed by atoms with E-state index in [2.05, 4.69) is 25.4 Å². The van der Waals surface area contributed by atoms with Gasteiger partial charge in [0.2, 0.25) is 12.1 Å². The van der Waals surface area contributed by atoms with E-state index in [0.29, 0.717) is 54.1 Å². The Labute approximate surface area is 403 Å². The normalized spacial score (nSPS) is 19.3. The van der Waals surface area contributed by atoms with Crippen molar-refractivity contribution in [3.05, 3.63) is 70.3 Å². The van der Waals surface area contributed by atoms with Crippen LogP contribution in [0.15, 0.2) is 53.5 Å². The number of phenolic OH excluding ortho intramolecular Hbond substituents is 2. The average Bonchev–Trinajstić information content (AvgIpc) is 3.74. The Balaban J connectivity index is 0.987. The number of anilines is 1. The molecular formula is C47H68F2N8O10Si2. The first-order valence-electron chi connectivity index (χ1n) is 23.2. The third kappa shape index (κ3) is 11.9. The summed E-state index contributed by atoms with van der Waals surface area (Å²) in [5.74, 6) is -4.17. The minimum Gasteiger partial charge on any atom is -0.508 e. The van der Waals surface area contributed by atoms with Gasteiger partial charge in [0.15, 0.2) is 22.5 Å². The molecule has 4 heterocycles. The summed E-state index contributed by atoms with van der Waals surface area (Å²) in [6.07, 6.45) is -4.91. The third-order valence-electron chi connectivity index (χ3n) is 13.8. The van der Waals surface area contributed by atoms with Crippen LogP contribution in [0.1, 0.15) is 85.1 Å². The Kier molecular flexibility index (Phi) is 15.6. The van der Waals surface area contributed by atoms with E-state index >= 15 is 8.78 Å². The topological polar surface area (TPSA) is 216 Å². The summed E-state index contributed by atoms with van der Waals surface area (Å²) in [5.41, 5.74) is 1.37. The average molecular weight is 999 g/mol. The van der Waals surface area contributed by atoms with Gasteiger partial charge in [0, 0.05) is 45.0 Å². The summed E-state index contributed by atoms with van der Waals surface area (Å²) in [4.78, 5) is 46.7. The number of aromatic nitrogens is 5. The lowest BCUT2D eigenvalue weighted by atomic mass is 9.98. The molecule has 6 rings (SSSR count). The molecule has 69 heavy (non-hydrogen) atoms. The molecule has 22 heteroatoms. The Hall–Kier alpha value is -5.27. The van der Waals surface area contributed by atoms with Gasteiger partial charge in [-0.1, -0.05) is 72.6 Å². The molecule has 0 unspecified atom stereocenters. The van der Waals surface area contributed by atoms with E-state index in [4.69, 9.17) is 18.3 Å². The number of aromatic hydroxyl groups is 3. The number of piperazine rings is 1. The molecule has 2 aromatic carbocycles. The van der Waals surface area contributed by atoms with Gasteiger partial charge in [-0.05, 0) is 77.6 Å². The zero-order valence-corrected chi connectivity index (χ0v) is 43.7. The number of hydrogen-bond acceptors (Lipinski definition) is 14. The first kappa shape index (κ1) is 53.1. The smallest absolute Gasteiger partial charge is 0.412 e. The van der Waals surface area contributed by atoms with E-state index in [-0.39, 0.29) is 65.6 Å². The monoisotopic (exact) mass is 998 g/mol. The Bertz CT molecular complexity index is 2530. The number of nitrogens with zero attached hydrogens (tertiary/aromatic N) is 7. The van der Waals surface area contributed by atoms with Crippen molar-refractivity contribution in [3.8, 4) is 34.6 Å². The van der Waals surface area contributed by atoms with Crippen LogP contribution in [0.25, 0.3) is 17.1 Å². The number of nitrogens with one attached hydrogen (secondary N) is 1. The van der Waals surface area contributed by atoms with E-state index in [1.54, 1.807) is 23.1 Å². The van der Waals surface area contributed by atoms with Gasteiger partial charge in [-0.15, -0.1) is 5.10 Å². The standard InChI is InChI=1S/C47H68F2N8O10Si2/c1-29(2)32-25-33(35(59)26-34(32)58)40-52-53-43(62)57(40)31-15-13-30(14-16-31)27-54-20-22-55(23-21-54)38(60)18-24-64-44(63)51-37-17-19-56(42(61)50-37)41-47(48,49)39(67-69(11,12)46(6,7)8)36(66-41)28-65-68(9,10)45(3,4)5/h13-17,19,25-26,29,36,39,41,58-59H,18,20-24,27-28H2,1-12H3,(H,53,62)(H,50,51,61,63)/t36-,39-,41-/m1/s1. The predicted octanol–water partition coefficient (Wildman–Crippen LogP) is 7.96. The van der Waals surface area contributed by atoms with Gasteiger partial charge in [-0.25, -0.2) is 14.2 Å². The van der Waals surface area contributed by atoms with Crippen LogP contribution in [0.4, 0.5) is 19.4 Å². The van der Waals surface area contributed by atoms with Gasteiger partial charge in [0.05, 0.1) is 24.3 Å². The maximum absolute atomic E-state index is 16.5. The quantitative estimate of drug-likeness (QED) is 0.0832. The van der Waals surface area contributed by atoms with Gasteiger partial charge < -0.3 is 38.5 Å². The van der Waals surface area contributed by atoms with Crippen LogP contribution in [-0.4, -0.2) is 136 Å². The molecule has 18 nitrogen and oxygen atoms in total. The molecule has 2 aliphatic heterocycles. The van der Waals surface area contributed by atoms with Crippen molar-refractivity contribution in [2.75, 3.05) is 44.7 Å². The molecule has 2 aromatic heterocycles. The highest BCUT2D eigenvalue weighted by Crippen LogP contribution is 2.49. The number of rotatable bonds is 15. The van der Waals surface area contributed by atoms with Crippen LogP contribution in [0.3, 0.4) is 0 Å². The number of halogens is 2. The molecule has 2 amide bonds. The minimum absolute atomic E-state index is 0.0348. The molecule has 4 aromatic rings. The van der Waals surface area contributed by atoms with Crippen molar-refractivity contribution in [3.63, 3.8) is 0 Å². The van der Waals surface area contributed by atoms with E-state index in [1.165, 1.54) is 16.7 Å². The largest absolute Gasteiger partial charge is 0.508 e. The molecule has 3 atom stereocenters. The molecule has 0 spiro atoms. The van der Waals surface area contributed by atoms with Gasteiger partial charge in [0.25, 0.3) is 0 Å². The fourth-order valence-electron chi connectivity index (χ4n) is 7.53. The van der Waals surface area contributed by atoms with E-state index in [9.17, 15) is 29.7 Å². The molecule has 0 saturated carbocycles. The number of benzene rings is 2. The maximum atomic E-state index is 16.5. The Morgan fingerprint density at radius 3 is 2.14 bits per heavy atom. The summed E-state index contributed by atoms with van der Waals surface area (Å²) in [5, 5.41) is 41.3. The van der Waals surface area contributed by atoms with Crippen LogP contribution >= 0.6 is 0 Å². The highest BCUT2D eigenvalue weighted by atomic mass is 28.4. The molecule has 2 saturated heterocycles. The van der Waals surface area contributed by atoms with Crippen molar-refractivity contribution < 1.29 is 52.0 Å². The molecular weight excluding hydrogens is 931 g/mol. The van der Waals surface area contributed by atoms with E-state index < -0.39 is 57.8 Å². The van der Waals surface area contributed by atoms with Crippen LogP contribution in [0.2, 0.25) is 36.3 Å². The van der Waals surface area contributed by atoms with Crippen LogP contribution in [0.5, 0.6) is 17.5 Å². The van der Waals surface area contributed by atoms with Crippen LogP contribution in [-0.2, 0) is 29.7 Å². The fourth-order valence-corrected chi connectivity index (χ4v) is 9.84. The first-order valence-corrected chi connectivity index (χ1v) is 29.0. The zero-order valence-electron chi connectivity index (χ0n) is 41.7. The van der Waals surface area contributed by atoms with Gasteiger partial charge >= 0.3 is 23.7 Å². The lowest BCUT2D eigenvalue weighted by Gasteiger charge is -2.41. The van der Waals surface area contributed by atoms with Crippen LogP contribution in [0, 0.1) is 0 Å². The second-order valence-corrected chi connectivity index (χ2v) is 30.7. The summed E-state index contributed by atoms with van der Waals surface area (Å²) in [6.45, 7) is 25.9. The molecule has 4 N–H and O–H groups in total. The molecule has 378 valence electrons. The summed E-state index contributed by atoms with van der Waals surface area (Å²) in [6, 6.07) is 11.1. The number of alkyl halides is 2. The number of carbonyl (C=O) groups is 2. The summed E-state index contributed by atoms with van der Waals surface area (Å²) >= 11 is 0. The summed E-state index contributed by atoms with van der Waals surface area (Å²) < 4.78 is 58.8. The number of amides is 2. The molecule has 2 fully saturated rings. The van der Waals surface area contributed by atoms with Crippen molar-refractivity contribution in [2.45, 2.75) is 135 Å².